The monoisotopic (exact) mass is 449 g/mol. The standard InChI is InChI=1S/C22H28NO5PS/c1-17(24)19-9-6-8-18(15-19)7-4-3-5-10-20-11-12-21(30-20)13-14-22(2,23)16-28-29(25,26)27/h6,8-9,11-12,15H,3-4,7,13-14,16,23H2,1-2H3,(H2,25,26,27). The molecule has 8 heteroatoms. The predicted octanol–water partition coefficient (Wildman–Crippen LogP) is 4.08. The third-order valence-electron chi connectivity index (χ3n) is 4.48. The van der Waals surface area contributed by atoms with Crippen molar-refractivity contribution in [3.63, 3.8) is 0 Å². The van der Waals surface area contributed by atoms with E-state index in [1.807, 2.05) is 36.4 Å². The third-order valence-corrected chi connectivity index (χ3v) is 6.00. The Morgan fingerprint density at radius 1 is 1.27 bits per heavy atom. The molecule has 0 aliphatic heterocycles. The lowest BCUT2D eigenvalue weighted by molar-refractivity contribution is 0.101. The molecule has 0 spiro atoms. The molecule has 1 atom stereocenters. The number of phosphoric ester groups is 1. The summed E-state index contributed by atoms with van der Waals surface area (Å²) in [7, 11) is -4.51. The molecular weight excluding hydrogens is 421 g/mol. The van der Waals surface area contributed by atoms with Crippen LogP contribution in [-0.4, -0.2) is 27.7 Å². The van der Waals surface area contributed by atoms with Crippen LogP contribution in [0.25, 0.3) is 0 Å². The molecule has 2 aromatic rings. The van der Waals surface area contributed by atoms with Gasteiger partial charge in [0.15, 0.2) is 5.78 Å². The molecule has 1 aromatic carbocycles. The van der Waals surface area contributed by atoms with Crippen molar-refractivity contribution in [1.82, 2.24) is 0 Å². The summed E-state index contributed by atoms with van der Waals surface area (Å²) in [5, 5.41) is 0. The molecule has 0 bridgehead atoms. The highest BCUT2D eigenvalue weighted by atomic mass is 32.1. The van der Waals surface area contributed by atoms with E-state index in [-0.39, 0.29) is 12.4 Å². The minimum absolute atomic E-state index is 0.0782. The van der Waals surface area contributed by atoms with Gasteiger partial charge in [-0.15, -0.1) is 11.3 Å². The molecule has 0 aliphatic carbocycles. The zero-order valence-corrected chi connectivity index (χ0v) is 19.0. The van der Waals surface area contributed by atoms with Crippen molar-refractivity contribution in [3.05, 3.63) is 57.3 Å². The second kappa shape index (κ2) is 11.0. The summed E-state index contributed by atoms with van der Waals surface area (Å²) in [4.78, 5) is 31.1. The second-order valence-electron chi connectivity index (χ2n) is 7.60. The number of Topliss-reactive ketones (excluding diaryl/α,β-unsaturated/α-hetero) is 1. The minimum atomic E-state index is -4.51. The molecule has 6 nitrogen and oxygen atoms in total. The highest BCUT2D eigenvalue weighted by Crippen LogP contribution is 2.37. The minimum Gasteiger partial charge on any atom is -0.323 e. The van der Waals surface area contributed by atoms with E-state index in [0.29, 0.717) is 12.8 Å². The first-order chi connectivity index (χ1) is 14.0. The summed E-state index contributed by atoms with van der Waals surface area (Å²) in [6, 6.07) is 11.7. The third kappa shape index (κ3) is 9.36. The van der Waals surface area contributed by atoms with E-state index in [4.69, 9.17) is 15.5 Å². The smallest absolute Gasteiger partial charge is 0.323 e. The molecule has 0 fully saturated rings. The number of thiophene rings is 1. The summed E-state index contributed by atoms with van der Waals surface area (Å²) in [5.41, 5.74) is 7.12. The van der Waals surface area contributed by atoms with Gasteiger partial charge in [0.2, 0.25) is 0 Å². The Morgan fingerprint density at radius 2 is 2.03 bits per heavy atom. The Hall–Kier alpha value is -1.78. The van der Waals surface area contributed by atoms with Crippen LogP contribution >= 0.6 is 19.2 Å². The number of rotatable bonds is 10. The Kier molecular flexibility index (Phi) is 8.99. The molecule has 4 N–H and O–H groups in total. The van der Waals surface area contributed by atoms with Crippen LogP contribution in [0, 0.1) is 11.8 Å². The van der Waals surface area contributed by atoms with Gasteiger partial charge in [0.05, 0.1) is 11.5 Å². The maximum Gasteiger partial charge on any atom is 0.469 e. The van der Waals surface area contributed by atoms with Crippen molar-refractivity contribution >= 4 is 24.9 Å². The number of hydrogen-bond acceptors (Lipinski definition) is 5. The Bertz CT molecular complexity index is 967. The molecule has 0 amide bonds. The van der Waals surface area contributed by atoms with Gasteiger partial charge in [-0.05, 0) is 63.3 Å². The first-order valence-corrected chi connectivity index (χ1v) is 12.1. The van der Waals surface area contributed by atoms with E-state index in [0.717, 1.165) is 40.1 Å². The van der Waals surface area contributed by atoms with Crippen molar-refractivity contribution in [3.8, 4) is 11.8 Å². The average molecular weight is 450 g/mol. The maximum atomic E-state index is 11.4. The largest absolute Gasteiger partial charge is 0.469 e. The first kappa shape index (κ1) is 24.5. The van der Waals surface area contributed by atoms with Gasteiger partial charge >= 0.3 is 7.82 Å². The van der Waals surface area contributed by atoms with Gasteiger partial charge in [-0.3, -0.25) is 9.32 Å². The Balaban J connectivity index is 1.77. The fraction of sp³-hybridized carbons (Fsp3) is 0.409. The van der Waals surface area contributed by atoms with E-state index < -0.39 is 13.4 Å². The van der Waals surface area contributed by atoms with Gasteiger partial charge in [-0.1, -0.05) is 30.0 Å². The molecule has 0 radical (unpaired) electrons. The molecule has 2 rings (SSSR count). The van der Waals surface area contributed by atoms with Crippen LogP contribution in [0.3, 0.4) is 0 Å². The van der Waals surface area contributed by atoms with E-state index in [1.165, 1.54) is 0 Å². The highest BCUT2D eigenvalue weighted by molar-refractivity contribution is 7.46. The van der Waals surface area contributed by atoms with Gasteiger partial charge in [0.25, 0.3) is 0 Å². The number of benzene rings is 1. The second-order valence-corrected chi connectivity index (χ2v) is 10.0. The number of phosphoric acid groups is 1. The van der Waals surface area contributed by atoms with E-state index in [2.05, 4.69) is 16.4 Å². The van der Waals surface area contributed by atoms with Crippen LogP contribution in [-0.2, 0) is 21.9 Å². The normalized spacial score (nSPS) is 13.4. The summed E-state index contributed by atoms with van der Waals surface area (Å²) < 4.78 is 15.3. The highest BCUT2D eigenvalue weighted by Gasteiger charge is 2.24. The van der Waals surface area contributed by atoms with Gasteiger partial charge < -0.3 is 15.5 Å². The van der Waals surface area contributed by atoms with E-state index in [1.54, 1.807) is 25.2 Å². The van der Waals surface area contributed by atoms with Crippen LogP contribution in [0.2, 0.25) is 0 Å². The first-order valence-electron chi connectivity index (χ1n) is 9.70. The van der Waals surface area contributed by atoms with Crippen LogP contribution in [0.5, 0.6) is 0 Å². The van der Waals surface area contributed by atoms with Crippen LogP contribution in [0.4, 0.5) is 0 Å². The van der Waals surface area contributed by atoms with Crippen LogP contribution in [0.15, 0.2) is 36.4 Å². The fourth-order valence-electron chi connectivity index (χ4n) is 2.77. The molecule has 1 unspecified atom stereocenters. The van der Waals surface area contributed by atoms with Crippen molar-refractivity contribution < 1.29 is 23.7 Å². The molecule has 30 heavy (non-hydrogen) atoms. The van der Waals surface area contributed by atoms with E-state index in [9.17, 15) is 9.36 Å². The number of unbranched alkanes of at least 4 members (excludes halogenated alkanes) is 1. The van der Waals surface area contributed by atoms with Crippen molar-refractivity contribution in [1.29, 1.82) is 0 Å². The summed E-state index contributed by atoms with van der Waals surface area (Å²) >= 11 is 1.60. The Labute approximate surface area is 181 Å². The number of carbonyl (C=O) groups is 1. The van der Waals surface area contributed by atoms with Crippen molar-refractivity contribution in [2.75, 3.05) is 6.61 Å². The van der Waals surface area contributed by atoms with Gasteiger partial charge in [-0.25, -0.2) is 4.57 Å². The van der Waals surface area contributed by atoms with Crippen molar-refractivity contribution in [2.24, 2.45) is 5.73 Å². The lowest BCUT2D eigenvalue weighted by Crippen LogP contribution is -2.41. The topological polar surface area (TPSA) is 110 Å². The number of ketones is 1. The average Bonchev–Trinajstić information content (AvgIpc) is 3.12. The summed E-state index contributed by atoms with van der Waals surface area (Å²) in [5.74, 6) is 6.45. The Morgan fingerprint density at radius 3 is 2.73 bits per heavy atom. The fourth-order valence-corrected chi connectivity index (χ4v) is 4.11. The number of nitrogens with two attached hydrogens (primary N) is 1. The van der Waals surface area contributed by atoms with Crippen LogP contribution < -0.4 is 5.73 Å². The molecular formula is C22H28NO5PS. The maximum absolute atomic E-state index is 11.4. The summed E-state index contributed by atoms with van der Waals surface area (Å²) in [6.07, 6.45) is 3.82. The van der Waals surface area contributed by atoms with Crippen molar-refractivity contribution in [2.45, 2.75) is 51.5 Å². The lowest BCUT2D eigenvalue weighted by Gasteiger charge is -2.24. The molecule has 1 heterocycles. The summed E-state index contributed by atoms with van der Waals surface area (Å²) in [6.45, 7) is 3.08. The number of aryl methyl sites for hydroxylation is 2. The zero-order chi connectivity index (χ0) is 22.2. The number of carbonyl (C=O) groups excluding carboxylic acids is 1. The van der Waals surface area contributed by atoms with Gasteiger partial charge in [0.1, 0.15) is 0 Å². The van der Waals surface area contributed by atoms with Gasteiger partial charge in [-0.2, -0.15) is 0 Å². The number of hydrogen-bond donors (Lipinski definition) is 3. The molecule has 162 valence electrons. The quantitative estimate of drug-likeness (QED) is 0.218. The molecule has 0 saturated heterocycles. The molecule has 0 saturated carbocycles. The van der Waals surface area contributed by atoms with Crippen LogP contribution in [0.1, 0.15) is 58.8 Å². The molecule has 1 aromatic heterocycles. The SMILES string of the molecule is CC(=O)c1cccc(CCCC#Cc2ccc(CCC(C)(N)COP(=O)(O)O)s2)c1. The van der Waals surface area contributed by atoms with E-state index >= 15 is 0 Å². The lowest BCUT2D eigenvalue weighted by atomic mass is 9.98. The predicted molar refractivity (Wildman–Crippen MR) is 119 cm³/mol. The zero-order valence-electron chi connectivity index (χ0n) is 17.3. The van der Waals surface area contributed by atoms with Gasteiger partial charge in [0, 0.05) is 22.4 Å². The molecule has 0 aliphatic rings.